The van der Waals surface area contributed by atoms with Crippen molar-refractivity contribution in [2.45, 2.75) is 13.5 Å². The molecule has 3 aromatic rings. The topological polar surface area (TPSA) is 33.0 Å². The van der Waals surface area contributed by atoms with Crippen LogP contribution < -0.4 is 4.74 Å². The number of aryl methyl sites for hydroxylation is 1. The summed E-state index contributed by atoms with van der Waals surface area (Å²) in [7, 11) is 0. The molecule has 3 rings (SSSR count). The Morgan fingerprint density at radius 2 is 1.62 bits per heavy atom. The number of hydrogen-bond acceptors (Lipinski definition) is 2. The first kappa shape index (κ1) is 18.2. The van der Waals surface area contributed by atoms with E-state index in [1.54, 1.807) is 0 Å². The van der Waals surface area contributed by atoms with Crippen molar-refractivity contribution in [1.29, 1.82) is 5.26 Å². The van der Waals surface area contributed by atoms with Crippen LogP contribution in [0.25, 0.3) is 11.6 Å². The van der Waals surface area contributed by atoms with Crippen LogP contribution in [0.4, 0.5) is 0 Å². The van der Waals surface area contributed by atoms with E-state index in [2.05, 4.69) is 52.9 Å². The number of hydrogen-bond donors (Lipinski definition) is 0. The first-order valence-corrected chi connectivity index (χ1v) is 9.38. The van der Waals surface area contributed by atoms with Crippen LogP contribution in [-0.2, 0) is 6.61 Å². The van der Waals surface area contributed by atoms with Crippen LogP contribution in [0.5, 0.6) is 5.75 Å². The molecule has 0 amide bonds. The summed E-state index contributed by atoms with van der Waals surface area (Å²) in [6.07, 6.45) is 1.90. The maximum Gasteiger partial charge on any atom is 0.119 e. The molecule has 0 bridgehead atoms. The lowest BCUT2D eigenvalue weighted by atomic mass is 10.0. The third-order valence-electron chi connectivity index (χ3n) is 3.99. The molecular formula is C23H18INO. The van der Waals surface area contributed by atoms with Crippen LogP contribution in [-0.4, -0.2) is 0 Å². The highest BCUT2D eigenvalue weighted by Crippen LogP contribution is 2.21. The van der Waals surface area contributed by atoms with E-state index in [-0.39, 0.29) is 0 Å². The van der Waals surface area contributed by atoms with Gasteiger partial charge in [0.2, 0.25) is 0 Å². The minimum Gasteiger partial charge on any atom is -0.489 e. The highest BCUT2D eigenvalue weighted by atomic mass is 127. The molecule has 0 spiro atoms. The number of ether oxygens (including phenoxy) is 1. The summed E-state index contributed by atoms with van der Waals surface area (Å²) in [6.45, 7) is 2.58. The van der Waals surface area contributed by atoms with Crippen LogP contribution in [0.15, 0.2) is 72.8 Å². The number of allylic oxidation sites excluding steroid dienone is 1. The fourth-order valence-corrected chi connectivity index (χ4v) is 2.85. The minimum atomic E-state index is 0.541. The normalized spacial score (nSPS) is 11.0. The van der Waals surface area contributed by atoms with Gasteiger partial charge in [-0.25, -0.2) is 0 Å². The van der Waals surface area contributed by atoms with E-state index < -0.39 is 0 Å². The minimum absolute atomic E-state index is 0.541. The molecule has 0 aliphatic heterocycles. The molecule has 0 unspecified atom stereocenters. The molecule has 0 saturated carbocycles. The summed E-state index contributed by atoms with van der Waals surface area (Å²) < 4.78 is 7.04. The Hall–Kier alpha value is -2.58. The van der Waals surface area contributed by atoms with E-state index in [1.165, 1.54) is 9.13 Å². The molecule has 0 aromatic heterocycles. The molecule has 26 heavy (non-hydrogen) atoms. The second-order valence-corrected chi connectivity index (χ2v) is 7.27. The van der Waals surface area contributed by atoms with Crippen LogP contribution in [0, 0.1) is 21.8 Å². The van der Waals surface area contributed by atoms with Crippen molar-refractivity contribution in [3.8, 4) is 11.8 Å². The van der Waals surface area contributed by atoms with Crippen molar-refractivity contribution in [3.63, 3.8) is 0 Å². The third-order valence-corrected chi connectivity index (χ3v) is 4.71. The molecular weight excluding hydrogens is 433 g/mol. The zero-order valence-corrected chi connectivity index (χ0v) is 16.6. The van der Waals surface area contributed by atoms with Crippen LogP contribution in [0.2, 0.25) is 0 Å². The molecule has 3 aromatic carbocycles. The van der Waals surface area contributed by atoms with E-state index in [1.807, 2.05) is 61.5 Å². The Bertz CT molecular complexity index is 933. The molecule has 0 heterocycles. The lowest BCUT2D eigenvalue weighted by Crippen LogP contribution is -1.95. The lowest BCUT2D eigenvalue weighted by Gasteiger charge is -2.07. The maximum absolute atomic E-state index is 9.45. The quantitative estimate of drug-likeness (QED) is 0.261. The molecule has 128 valence electrons. The summed E-state index contributed by atoms with van der Waals surface area (Å²) in [5.74, 6) is 0.814. The van der Waals surface area contributed by atoms with Crippen molar-refractivity contribution in [2.24, 2.45) is 0 Å². The third kappa shape index (κ3) is 4.96. The molecule has 0 aliphatic carbocycles. The second kappa shape index (κ2) is 8.68. The van der Waals surface area contributed by atoms with Gasteiger partial charge in [0.05, 0.1) is 11.6 Å². The Morgan fingerprint density at radius 3 is 2.23 bits per heavy atom. The van der Waals surface area contributed by atoms with Crippen molar-refractivity contribution >= 4 is 34.2 Å². The van der Waals surface area contributed by atoms with E-state index >= 15 is 0 Å². The smallest absolute Gasteiger partial charge is 0.119 e. The van der Waals surface area contributed by atoms with Crippen molar-refractivity contribution in [1.82, 2.24) is 0 Å². The Kier molecular flexibility index (Phi) is 6.08. The maximum atomic E-state index is 9.45. The van der Waals surface area contributed by atoms with E-state index in [4.69, 9.17) is 4.74 Å². The van der Waals surface area contributed by atoms with Gasteiger partial charge in [-0.2, -0.15) is 5.26 Å². The monoisotopic (exact) mass is 451 g/mol. The predicted octanol–water partition coefficient (Wildman–Crippen LogP) is 6.24. The molecule has 0 fully saturated rings. The first-order valence-electron chi connectivity index (χ1n) is 8.30. The van der Waals surface area contributed by atoms with E-state index in [9.17, 15) is 5.26 Å². The summed E-state index contributed by atoms with van der Waals surface area (Å²) in [4.78, 5) is 0. The van der Waals surface area contributed by atoms with Gasteiger partial charge in [0.15, 0.2) is 0 Å². The van der Waals surface area contributed by atoms with Crippen LogP contribution >= 0.6 is 22.6 Å². The first-order chi connectivity index (χ1) is 12.6. The zero-order chi connectivity index (χ0) is 18.4. The molecule has 0 saturated heterocycles. The summed E-state index contributed by atoms with van der Waals surface area (Å²) >= 11 is 2.29. The van der Waals surface area contributed by atoms with Gasteiger partial charge >= 0.3 is 0 Å². The molecule has 3 heteroatoms. The van der Waals surface area contributed by atoms with Crippen molar-refractivity contribution < 1.29 is 4.74 Å². The SMILES string of the molecule is Cc1ccc(/C(C#N)=C\c2ccc(OCc3ccc(I)cc3)cc2)cc1. The van der Waals surface area contributed by atoms with Gasteiger partial charge in [-0.1, -0.05) is 54.1 Å². The molecule has 2 nitrogen and oxygen atoms in total. The molecule has 0 radical (unpaired) electrons. The van der Waals surface area contributed by atoms with Crippen molar-refractivity contribution in [3.05, 3.63) is 98.6 Å². The number of halogens is 1. The number of rotatable bonds is 5. The van der Waals surface area contributed by atoms with Gasteiger partial charge in [0.25, 0.3) is 0 Å². The number of nitriles is 1. The van der Waals surface area contributed by atoms with E-state index in [0.29, 0.717) is 12.2 Å². The summed E-state index contributed by atoms with van der Waals surface area (Å²) in [5, 5.41) is 9.45. The average Bonchev–Trinajstić information content (AvgIpc) is 2.67. The van der Waals surface area contributed by atoms with Gasteiger partial charge in [-0.15, -0.1) is 0 Å². The second-order valence-electron chi connectivity index (χ2n) is 6.02. The predicted molar refractivity (Wildman–Crippen MR) is 115 cm³/mol. The molecule has 0 N–H and O–H groups in total. The van der Waals surface area contributed by atoms with E-state index in [0.717, 1.165) is 22.4 Å². The average molecular weight is 451 g/mol. The fraction of sp³-hybridized carbons (Fsp3) is 0.0870. The Balaban J connectivity index is 1.69. The largest absolute Gasteiger partial charge is 0.489 e. The van der Waals surface area contributed by atoms with Gasteiger partial charge in [0, 0.05) is 3.57 Å². The molecule has 0 aliphatic rings. The van der Waals surface area contributed by atoms with Gasteiger partial charge in [-0.3, -0.25) is 0 Å². The lowest BCUT2D eigenvalue weighted by molar-refractivity contribution is 0.306. The van der Waals surface area contributed by atoms with Gasteiger partial charge in [-0.05, 0) is 76.5 Å². The number of nitrogens with zero attached hydrogens (tertiary/aromatic N) is 1. The standard InChI is InChI=1S/C23H18INO/c1-17-2-8-20(9-3-17)21(15-25)14-18-6-12-23(13-7-18)26-16-19-4-10-22(24)11-5-19/h2-14H,16H2,1H3/b21-14-. The molecule has 0 atom stereocenters. The van der Waals surface area contributed by atoms with Crippen molar-refractivity contribution in [2.75, 3.05) is 0 Å². The Labute approximate surface area is 167 Å². The Morgan fingerprint density at radius 1 is 0.962 bits per heavy atom. The zero-order valence-electron chi connectivity index (χ0n) is 14.4. The fourth-order valence-electron chi connectivity index (χ4n) is 2.49. The van der Waals surface area contributed by atoms with Crippen LogP contribution in [0.3, 0.4) is 0 Å². The highest BCUT2D eigenvalue weighted by molar-refractivity contribution is 14.1. The summed E-state index contributed by atoms with van der Waals surface area (Å²) in [6, 6.07) is 26.3. The van der Waals surface area contributed by atoms with Gasteiger partial charge < -0.3 is 4.74 Å². The van der Waals surface area contributed by atoms with Gasteiger partial charge in [0.1, 0.15) is 12.4 Å². The van der Waals surface area contributed by atoms with Crippen LogP contribution in [0.1, 0.15) is 22.3 Å². The summed E-state index contributed by atoms with van der Waals surface area (Å²) in [5.41, 5.74) is 4.87. The highest BCUT2D eigenvalue weighted by Gasteiger charge is 2.02. The number of benzene rings is 3.